The van der Waals surface area contributed by atoms with Crippen LogP contribution in [0.4, 0.5) is 0 Å². The Bertz CT molecular complexity index is 545. The lowest BCUT2D eigenvalue weighted by molar-refractivity contribution is 0.174. The van der Waals surface area contributed by atoms with E-state index in [9.17, 15) is 4.79 Å². The third-order valence-electron chi connectivity index (χ3n) is 2.34. The highest BCUT2D eigenvalue weighted by molar-refractivity contribution is 5.73. The maximum Gasteiger partial charge on any atom is 0.231 e. The normalized spacial score (nSPS) is 14.1. The van der Waals surface area contributed by atoms with Gasteiger partial charge in [0.05, 0.1) is 0 Å². The van der Waals surface area contributed by atoms with E-state index in [-0.39, 0.29) is 12.2 Å². The highest BCUT2D eigenvalue weighted by atomic mass is 16.7. The largest absolute Gasteiger partial charge is 0.454 e. The molecule has 0 unspecified atom stereocenters. The lowest BCUT2D eigenvalue weighted by Crippen LogP contribution is -1.92. The summed E-state index contributed by atoms with van der Waals surface area (Å²) in [5.74, 6) is 1.53. The van der Waals surface area contributed by atoms with E-state index in [1.807, 2.05) is 24.3 Å². The summed E-state index contributed by atoms with van der Waals surface area (Å²) in [7, 11) is 0. The van der Waals surface area contributed by atoms with Crippen LogP contribution in [0.15, 0.2) is 29.1 Å². The molecule has 0 amide bonds. The summed E-state index contributed by atoms with van der Waals surface area (Å²) in [6, 6.07) is 7.29. The molecule has 0 radical (unpaired) electrons. The molecule has 3 rings (SSSR count). The van der Waals surface area contributed by atoms with Crippen molar-refractivity contribution in [2.45, 2.75) is 0 Å². The van der Waals surface area contributed by atoms with Gasteiger partial charge in [-0.1, -0.05) is 18.2 Å². The minimum atomic E-state index is 0.118. The molecular formula is C12H8O3. The van der Waals surface area contributed by atoms with Crippen molar-refractivity contribution in [1.29, 1.82) is 0 Å². The van der Waals surface area contributed by atoms with Crippen LogP contribution in [0.3, 0.4) is 0 Å². The summed E-state index contributed by atoms with van der Waals surface area (Å²) in [6.45, 7) is 0.284. The van der Waals surface area contributed by atoms with Gasteiger partial charge in [0.15, 0.2) is 16.9 Å². The molecule has 0 fully saturated rings. The summed E-state index contributed by atoms with van der Waals surface area (Å²) in [5, 5.41) is 0. The van der Waals surface area contributed by atoms with E-state index >= 15 is 0 Å². The van der Waals surface area contributed by atoms with Crippen LogP contribution in [-0.2, 0) is 0 Å². The molecule has 3 nitrogen and oxygen atoms in total. The minimum Gasteiger partial charge on any atom is -0.454 e. The quantitative estimate of drug-likeness (QED) is 0.741. The maximum atomic E-state index is 10.7. The van der Waals surface area contributed by atoms with Crippen molar-refractivity contribution in [3.05, 3.63) is 45.6 Å². The van der Waals surface area contributed by atoms with Crippen LogP contribution in [0.25, 0.3) is 12.2 Å². The zero-order valence-corrected chi connectivity index (χ0v) is 7.90. The molecule has 0 saturated heterocycles. The molecule has 74 valence electrons. The Labute approximate surface area is 86.2 Å². The number of rotatable bonds is 2. The molecule has 0 atom stereocenters. The molecule has 1 aliphatic heterocycles. The Morgan fingerprint density at radius 3 is 2.67 bits per heavy atom. The first-order chi connectivity index (χ1) is 7.33. The van der Waals surface area contributed by atoms with Crippen molar-refractivity contribution in [3.63, 3.8) is 0 Å². The molecule has 15 heavy (non-hydrogen) atoms. The monoisotopic (exact) mass is 200 g/mol. The van der Waals surface area contributed by atoms with Gasteiger partial charge in [-0.05, 0) is 23.8 Å². The van der Waals surface area contributed by atoms with Gasteiger partial charge in [0.25, 0.3) is 0 Å². The fourth-order valence-electron chi connectivity index (χ4n) is 1.44. The number of hydrogen-bond acceptors (Lipinski definition) is 3. The SMILES string of the molecule is O=c1cc1C=Cc1ccc2c(c1)OCO2. The zero-order chi connectivity index (χ0) is 10.3. The summed E-state index contributed by atoms with van der Waals surface area (Å²) < 4.78 is 10.4. The maximum absolute atomic E-state index is 10.7. The van der Waals surface area contributed by atoms with E-state index < -0.39 is 0 Å². The number of hydrogen-bond donors (Lipinski definition) is 0. The second kappa shape index (κ2) is 2.98. The van der Waals surface area contributed by atoms with E-state index in [1.54, 1.807) is 12.1 Å². The van der Waals surface area contributed by atoms with Gasteiger partial charge in [0, 0.05) is 5.56 Å². The third-order valence-corrected chi connectivity index (χ3v) is 2.34. The predicted molar refractivity (Wildman–Crippen MR) is 56.6 cm³/mol. The van der Waals surface area contributed by atoms with E-state index in [4.69, 9.17) is 9.47 Å². The van der Waals surface area contributed by atoms with Gasteiger partial charge in [0.1, 0.15) is 0 Å². The number of ether oxygens (including phenoxy) is 2. The van der Waals surface area contributed by atoms with Gasteiger partial charge < -0.3 is 9.47 Å². The first-order valence-corrected chi connectivity index (χ1v) is 4.67. The Hall–Kier alpha value is -2.03. The van der Waals surface area contributed by atoms with Crippen LogP contribution in [0, 0.1) is 0 Å². The number of fused-ring (bicyclic) bond motifs is 1. The van der Waals surface area contributed by atoms with Crippen molar-refractivity contribution >= 4 is 12.2 Å². The van der Waals surface area contributed by atoms with Crippen LogP contribution >= 0.6 is 0 Å². The Balaban J connectivity index is 1.87. The van der Waals surface area contributed by atoms with Gasteiger partial charge >= 0.3 is 0 Å². The van der Waals surface area contributed by atoms with Crippen LogP contribution in [0.5, 0.6) is 11.5 Å². The van der Waals surface area contributed by atoms with Gasteiger partial charge in [-0.25, -0.2) is 0 Å². The van der Waals surface area contributed by atoms with Crippen molar-refractivity contribution in [3.8, 4) is 11.5 Å². The molecule has 2 aromatic carbocycles. The van der Waals surface area contributed by atoms with Gasteiger partial charge in [-0.3, -0.25) is 4.79 Å². The smallest absolute Gasteiger partial charge is 0.231 e. The van der Waals surface area contributed by atoms with Crippen molar-refractivity contribution < 1.29 is 9.47 Å². The van der Waals surface area contributed by atoms with E-state index in [2.05, 4.69) is 0 Å². The molecule has 1 heterocycles. The van der Waals surface area contributed by atoms with Crippen LogP contribution in [0.2, 0.25) is 0 Å². The molecule has 2 aromatic rings. The van der Waals surface area contributed by atoms with Crippen LogP contribution in [-0.4, -0.2) is 6.79 Å². The van der Waals surface area contributed by atoms with E-state index in [0.717, 1.165) is 22.6 Å². The summed E-state index contributed by atoms with van der Waals surface area (Å²) in [5.41, 5.74) is 1.89. The second-order valence-corrected chi connectivity index (χ2v) is 3.41. The van der Waals surface area contributed by atoms with E-state index in [0.29, 0.717) is 0 Å². The Morgan fingerprint density at radius 1 is 1.07 bits per heavy atom. The van der Waals surface area contributed by atoms with Gasteiger partial charge in [-0.15, -0.1) is 0 Å². The van der Waals surface area contributed by atoms with Crippen LogP contribution in [0.1, 0.15) is 11.1 Å². The Morgan fingerprint density at radius 2 is 1.87 bits per heavy atom. The average molecular weight is 200 g/mol. The highest BCUT2D eigenvalue weighted by Crippen LogP contribution is 2.32. The standard InChI is InChI=1S/C12H8O3/c13-10-6-9(10)3-1-8-2-4-11-12(5-8)15-7-14-11/h1-6H,7H2. The van der Waals surface area contributed by atoms with Gasteiger partial charge in [0.2, 0.25) is 6.79 Å². The topological polar surface area (TPSA) is 35.5 Å². The highest BCUT2D eigenvalue weighted by Gasteiger charge is 2.12. The first kappa shape index (κ1) is 8.29. The average Bonchev–Trinajstić information content (AvgIpc) is 2.78. The lowest BCUT2D eigenvalue weighted by atomic mass is 10.2. The fraction of sp³-hybridized carbons (Fsp3) is 0.0833. The van der Waals surface area contributed by atoms with Crippen molar-refractivity contribution in [2.24, 2.45) is 0 Å². The summed E-state index contributed by atoms with van der Waals surface area (Å²) >= 11 is 0. The minimum absolute atomic E-state index is 0.118. The zero-order valence-electron chi connectivity index (χ0n) is 7.90. The molecule has 3 heteroatoms. The van der Waals surface area contributed by atoms with E-state index in [1.165, 1.54) is 0 Å². The molecule has 0 saturated carbocycles. The molecule has 1 aliphatic rings. The fourth-order valence-corrected chi connectivity index (χ4v) is 1.44. The molecule has 0 aliphatic carbocycles. The second-order valence-electron chi connectivity index (χ2n) is 3.41. The van der Waals surface area contributed by atoms with Crippen LogP contribution < -0.4 is 14.9 Å². The lowest BCUT2D eigenvalue weighted by Gasteiger charge is -1.96. The molecule has 0 aromatic heterocycles. The van der Waals surface area contributed by atoms with Gasteiger partial charge in [-0.2, -0.15) is 0 Å². The third kappa shape index (κ3) is 1.52. The summed E-state index contributed by atoms with van der Waals surface area (Å²) in [6.07, 6.45) is 3.69. The molecule has 0 N–H and O–H groups in total. The molecule has 0 bridgehead atoms. The first-order valence-electron chi connectivity index (χ1n) is 4.67. The molecule has 0 spiro atoms. The number of benzene rings is 1. The van der Waals surface area contributed by atoms with Crippen molar-refractivity contribution in [2.75, 3.05) is 6.79 Å². The molecular weight excluding hydrogens is 192 g/mol. The Kier molecular flexibility index (Phi) is 1.65. The predicted octanol–water partition coefficient (Wildman–Crippen LogP) is 1.82. The van der Waals surface area contributed by atoms with Crippen molar-refractivity contribution in [1.82, 2.24) is 0 Å². The summed E-state index contributed by atoms with van der Waals surface area (Å²) in [4.78, 5) is 10.7.